The number of nitrogens with zero attached hydrogens (tertiary/aromatic N) is 1. The van der Waals surface area contributed by atoms with Gasteiger partial charge >= 0.3 is 6.18 Å². The molecule has 0 aliphatic carbocycles. The van der Waals surface area contributed by atoms with Gasteiger partial charge in [0.05, 0.1) is 5.56 Å². The molecule has 2 rings (SSSR count). The van der Waals surface area contributed by atoms with Crippen molar-refractivity contribution in [3.63, 3.8) is 0 Å². The van der Waals surface area contributed by atoms with Crippen LogP contribution in [0.3, 0.4) is 0 Å². The number of alkyl halides is 3. The van der Waals surface area contributed by atoms with Crippen molar-refractivity contribution in [3.8, 4) is 0 Å². The van der Waals surface area contributed by atoms with E-state index in [-0.39, 0.29) is 0 Å². The first-order valence-electron chi connectivity index (χ1n) is 7.53. The summed E-state index contributed by atoms with van der Waals surface area (Å²) in [5.74, 6) is 0. The van der Waals surface area contributed by atoms with Crippen molar-refractivity contribution >= 4 is 0 Å². The number of hydrogen-bond donors (Lipinski definition) is 1. The van der Waals surface area contributed by atoms with Crippen LogP contribution in [-0.2, 0) is 12.7 Å². The van der Waals surface area contributed by atoms with Crippen molar-refractivity contribution in [1.82, 2.24) is 10.2 Å². The number of nitrogens with one attached hydrogen (secondary N) is 1. The Morgan fingerprint density at radius 3 is 2.48 bits per heavy atom. The van der Waals surface area contributed by atoms with E-state index in [1.54, 1.807) is 12.1 Å². The van der Waals surface area contributed by atoms with E-state index in [4.69, 9.17) is 0 Å². The SMILES string of the molecule is CCCC1CNC(C)CN1Cc1ccc(C(F)(F)F)cc1. The predicted octanol–water partition coefficient (Wildman–Crippen LogP) is 3.67. The van der Waals surface area contributed by atoms with E-state index in [0.29, 0.717) is 12.1 Å². The molecule has 0 saturated carbocycles. The molecule has 0 spiro atoms. The van der Waals surface area contributed by atoms with Crippen LogP contribution >= 0.6 is 0 Å². The van der Waals surface area contributed by atoms with Crippen molar-refractivity contribution in [2.45, 2.75) is 51.5 Å². The Morgan fingerprint density at radius 2 is 1.90 bits per heavy atom. The van der Waals surface area contributed by atoms with Crippen molar-refractivity contribution in [1.29, 1.82) is 0 Å². The Labute approximate surface area is 124 Å². The summed E-state index contributed by atoms with van der Waals surface area (Å²) in [7, 11) is 0. The smallest absolute Gasteiger partial charge is 0.311 e. The van der Waals surface area contributed by atoms with Gasteiger partial charge in [-0.15, -0.1) is 0 Å². The molecule has 1 aliphatic heterocycles. The van der Waals surface area contributed by atoms with Crippen LogP contribution in [0.1, 0.15) is 37.8 Å². The summed E-state index contributed by atoms with van der Waals surface area (Å²) in [6.45, 7) is 6.91. The van der Waals surface area contributed by atoms with Crippen LogP contribution in [0.5, 0.6) is 0 Å². The van der Waals surface area contributed by atoms with Crippen LogP contribution in [0, 0.1) is 0 Å². The third kappa shape index (κ3) is 4.45. The van der Waals surface area contributed by atoms with E-state index in [0.717, 1.165) is 38.0 Å². The van der Waals surface area contributed by atoms with Crippen molar-refractivity contribution < 1.29 is 13.2 Å². The van der Waals surface area contributed by atoms with Gasteiger partial charge in [-0.05, 0) is 31.0 Å². The molecule has 118 valence electrons. The maximum absolute atomic E-state index is 12.6. The highest BCUT2D eigenvalue weighted by Gasteiger charge is 2.30. The molecule has 21 heavy (non-hydrogen) atoms. The fourth-order valence-electron chi connectivity index (χ4n) is 2.88. The first-order valence-corrected chi connectivity index (χ1v) is 7.53. The zero-order chi connectivity index (χ0) is 15.5. The highest BCUT2D eigenvalue weighted by Crippen LogP contribution is 2.29. The zero-order valence-electron chi connectivity index (χ0n) is 12.6. The Kier molecular flexibility index (Phi) is 5.27. The lowest BCUT2D eigenvalue weighted by Gasteiger charge is -2.39. The molecule has 2 nitrogen and oxygen atoms in total. The summed E-state index contributed by atoms with van der Waals surface area (Å²) in [4.78, 5) is 2.38. The van der Waals surface area contributed by atoms with Gasteiger partial charge in [0.2, 0.25) is 0 Å². The summed E-state index contributed by atoms with van der Waals surface area (Å²) >= 11 is 0. The predicted molar refractivity (Wildman–Crippen MR) is 78.0 cm³/mol. The van der Waals surface area contributed by atoms with Crippen LogP contribution in [0.4, 0.5) is 13.2 Å². The van der Waals surface area contributed by atoms with E-state index in [1.165, 1.54) is 12.1 Å². The molecule has 1 saturated heterocycles. The Bertz CT molecular complexity index is 442. The molecular weight excluding hydrogens is 277 g/mol. The lowest BCUT2D eigenvalue weighted by atomic mass is 10.0. The highest BCUT2D eigenvalue weighted by atomic mass is 19.4. The standard InChI is InChI=1S/C16H23F3N2/c1-3-4-15-9-20-12(2)10-21(15)11-13-5-7-14(8-6-13)16(17,18)19/h5-8,12,15,20H,3-4,9-11H2,1-2H3. The van der Waals surface area contributed by atoms with E-state index in [2.05, 4.69) is 24.1 Å². The van der Waals surface area contributed by atoms with E-state index in [1.807, 2.05) is 0 Å². The van der Waals surface area contributed by atoms with Crippen molar-refractivity contribution in [2.24, 2.45) is 0 Å². The van der Waals surface area contributed by atoms with Gasteiger partial charge in [0.15, 0.2) is 0 Å². The van der Waals surface area contributed by atoms with Crippen LogP contribution in [-0.4, -0.2) is 30.1 Å². The second kappa shape index (κ2) is 6.79. The monoisotopic (exact) mass is 300 g/mol. The molecule has 0 aromatic heterocycles. The van der Waals surface area contributed by atoms with Crippen LogP contribution in [0.2, 0.25) is 0 Å². The van der Waals surface area contributed by atoms with Crippen LogP contribution < -0.4 is 5.32 Å². The number of hydrogen-bond acceptors (Lipinski definition) is 2. The Balaban J connectivity index is 2.04. The molecule has 1 aromatic rings. The van der Waals surface area contributed by atoms with E-state index >= 15 is 0 Å². The third-order valence-electron chi connectivity index (χ3n) is 4.02. The van der Waals surface area contributed by atoms with Gasteiger partial charge in [-0.25, -0.2) is 0 Å². The Morgan fingerprint density at radius 1 is 1.24 bits per heavy atom. The summed E-state index contributed by atoms with van der Waals surface area (Å²) < 4.78 is 37.7. The topological polar surface area (TPSA) is 15.3 Å². The molecule has 1 fully saturated rings. The minimum atomic E-state index is -4.26. The molecule has 1 heterocycles. The van der Waals surface area contributed by atoms with Gasteiger partial charge in [-0.1, -0.05) is 25.5 Å². The maximum atomic E-state index is 12.6. The normalized spacial score (nSPS) is 24.2. The summed E-state index contributed by atoms with van der Waals surface area (Å²) in [5.41, 5.74) is 0.364. The molecule has 1 aliphatic rings. The van der Waals surface area contributed by atoms with Gasteiger partial charge in [0, 0.05) is 31.7 Å². The molecule has 0 bridgehead atoms. The fourth-order valence-corrected chi connectivity index (χ4v) is 2.88. The summed E-state index contributed by atoms with van der Waals surface area (Å²) in [6.07, 6.45) is -2.03. The molecule has 0 radical (unpaired) electrons. The first kappa shape index (κ1) is 16.3. The van der Waals surface area contributed by atoms with Gasteiger partial charge < -0.3 is 5.32 Å². The molecule has 2 atom stereocenters. The molecule has 2 unspecified atom stereocenters. The lowest BCUT2D eigenvalue weighted by molar-refractivity contribution is -0.137. The first-order chi connectivity index (χ1) is 9.90. The number of piperazine rings is 1. The second-order valence-corrected chi connectivity index (χ2v) is 5.88. The molecule has 5 heteroatoms. The second-order valence-electron chi connectivity index (χ2n) is 5.88. The highest BCUT2D eigenvalue weighted by molar-refractivity contribution is 5.24. The molecular formula is C16H23F3N2. The third-order valence-corrected chi connectivity index (χ3v) is 4.02. The molecule has 1 aromatic carbocycles. The van der Waals surface area contributed by atoms with Crippen LogP contribution in [0.25, 0.3) is 0 Å². The average Bonchev–Trinajstić information content (AvgIpc) is 2.42. The van der Waals surface area contributed by atoms with Gasteiger partial charge in [-0.3, -0.25) is 4.90 Å². The minimum absolute atomic E-state index is 0.424. The lowest BCUT2D eigenvalue weighted by Crippen LogP contribution is -2.54. The van der Waals surface area contributed by atoms with Crippen molar-refractivity contribution in [3.05, 3.63) is 35.4 Å². The largest absolute Gasteiger partial charge is 0.416 e. The fraction of sp³-hybridized carbons (Fsp3) is 0.625. The maximum Gasteiger partial charge on any atom is 0.416 e. The number of halogens is 3. The van der Waals surface area contributed by atoms with E-state index in [9.17, 15) is 13.2 Å². The van der Waals surface area contributed by atoms with Gasteiger partial charge in [0.1, 0.15) is 0 Å². The number of benzene rings is 1. The summed E-state index contributed by atoms with van der Waals surface area (Å²) in [5, 5.41) is 3.47. The van der Waals surface area contributed by atoms with E-state index < -0.39 is 11.7 Å². The van der Waals surface area contributed by atoms with Crippen LogP contribution in [0.15, 0.2) is 24.3 Å². The van der Waals surface area contributed by atoms with Gasteiger partial charge in [-0.2, -0.15) is 13.2 Å². The molecule has 1 N–H and O–H groups in total. The quantitative estimate of drug-likeness (QED) is 0.913. The number of rotatable bonds is 4. The summed E-state index contributed by atoms with van der Waals surface area (Å²) in [6, 6.07) is 6.43. The minimum Gasteiger partial charge on any atom is -0.311 e. The zero-order valence-corrected chi connectivity index (χ0v) is 12.6. The van der Waals surface area contributed by atoms with Crippen molar-refractivity contribution in [2.75, 3.05) is 13.1 Å². The Hall–Kier alpha value is -1.07. The van der Waals surface area contributed by atoms with Gasteiger partial charge in [0.25, 0.3) is 0 Å². The molecule has 0 amide bonds. The average molecular weight is 300 g/mol.